The molecular weight excluding hydrogens is 218 g/mol. The second-order valence-corrected chi connectivity index (χ2v) is 4.10. The number of ether oxygens (including phenoxy) is 1. The van der Waals surface area contributed by atoms with Gasteiger partial charge >= 0.3 is 0 Å². The second kappa shape index (κ2) is 3.67. The van der Waals surface area contributed by atoms with Crippen molar-refractivity contribution >= 4 is 38.7 Å². The van der Waals surface area contributed by atoms with E-state index in [1.165, 1.54) is 0 Å². The van der Waals surface area contributed by atoms with Crippen molar-refractivity contribution in [2.75, 3.05) is 12.8 Å². The van der Waals surface area contributed by atoms with E-state index in [-0.39, 0.29) is 0 Å². The van der Waals surface area contributed by atoms with Crippen LogP contribution in [0.4, 0.5) is 5.69 Å². The van der Waals surface area contributed by atoms with Gasteiger partial charge in [-0.1, -0.05) is 0 Å². The first-order valence-electron chi connectivity index (χ1n) is 4.16. The maximum atomic E-state index is 5.94. The fourth-order valence-corrected chi connectivity index (χ4v) is 2.77. The monoisotopic (exact) mass is 227 g/mol. The van der Waals surface area contributed by atoms with Crippen molar-refractivity contribution in [3.8, 4) is 5.75 Å². The van der Waals surface area contributed by atoms with Gasteiger partial charge in [-0.2, -0.15) is 0 Å². The maximum absolute atomic E-state index is 5.94. The van der Waals surface area contributed by atoms with Crippen LogP contribution in [0.15, 0.2) is 17.5 Å². The van der Waals surface area contributed by atoms with Gasteiger partial charge in [-0.3, -0.25) is 0 Å². The SMILES string of the molecule is COc1ccc2c(CCl)csc2c1N. The maximum Gasteiger partial charge on any atom is 0.143 e. The first kappa shape index (κ1) is 9.62. The number of anilines is 1. The van der Waals surface area contributed by atoms with E-state index in [4.69, 9.17) is 22.1 Å². The van der Waals surface area contributed by atoms with Crippen LogP contribution in [0.25, 0.3) is 10.1 Å². The smallest absolute Gasteiger partial charge is 0.143 e. The molecule has 0 spiro atoms. The number of hydrogen-bond donors (Lipinski definition) is 1. The molecule has 2 rings (SSSR count). The van der Waals surface area contributed by atoms with Crippen molar-refractivity contribution in [2.24, 2.45) is 0 Å². The van der Waals surface area contributed by atoms with Gasteiger partial charge in [0.15, 0.2) is 0 Å². The van der Waals surface area contributed by atoms with Gasteiger partial charge in [0.05, 0.1) is 17.5 Å². The van der Waals surface area contributed by atoms with Crippen molar-refractivity contribution in [3.63, 3.8) is 0 Å². The largest absolute Gasteiger partial charge is 0.495 e. The second-order valence-electron chi connectivity index (χ2n) is 2.95. The van der Waals surface area contributed by atoms with Gasteiger partial charge in [0, 0.05) is 5.88 Å². The molecule has 0 aliphatic rings. The molecule has 4 heteroatoms. The summed E-state index contributed by atoms with van der Waals surface area (Å²) in [6, 6.07) is 3.87. The number of alkyl halides is 1. The molecular formula is C10H10ClNOS. The Morgan fingerprint density at radius 2 is 2.29 bits per heavy atom. The normalized spacial score (nSPS) is 10.7. The van der Waals surface area contributed by atoms with Crippen molar-refractivity contribution in [3.05, 3.63) is 23.1 Å². The molecule has 0 radical (unpaired) electrons. The molecule has 0 atom stereocenters. The summed E-state index contributed by atoms with van der Waals surface area (Å²) in [5.74, 6) is 1.24. The van der Waals surface area contributed by atoms with Crippen LogP contribution in [0.3, 0.4) is 0 Å². The van der Waals surface area contributed by atoms with Gasteiger partial charge in [-0.05, 0) is 28.5 Å². The molecule has 0 aliphatic heterocycles. The zero-order valence-electron chi connectivity index (χ0n) is 7.71. The Kier molecular flexibility index (Phi) is 2.52. The summed E-state index contributed by atoms with van der Waals surface area (Å²) in [5.41, 5.74) is 7.77. The van der Waals surface area contributed by atoms with Crippen LogP contribution in [-0.2, 0) is 5.88 Å². The molecule has 1 aromatic carbocycles. The van der Waals surface area contributed by atoms with Gasteiger partial charge in [0.2, 0.25) is 0 Å². The standard InChI is InChI=1S/C10H10ClNOS/c1-13-8-3-2-7-6(4-11)5-14-10(7)9(8)12/h2-3,5H,4,12H2,1H3. The van der Waals surface area contributed by atoms with E-state index in [2.05, 4.69) is 0 Å². The average Bonchev–Trinajstić information content (AvgIpc) is 2.62. The third kappa shape index (κ3) is 1.33. The van der Waals surface area contributed by atoms with Crippen molar-refractivity contribution in [1.29, 1.82) is 0 Å². The Bertz CT molecular complexity index is 466. The highest BCUT2D eigenvalue weighted by Crippen LogP contribution is 2.36. The minimum atomic E-state index is 0.520. The molecule has 0 aliphatic carbocycles. The van der Waals surface area contributed by atoms with E-state index in [1.54, 1.807) is 18.4 Å². The summed E-state index contributed by atoms with van der Waals surface area (Å²) in [6.07, 6.45) is 0. The van der Waals surface area contributed by atoms with Gasteiger partial charge in [-0.25, -0.2) is 0 Å². The predicted molar refractivity (Wildman–Crippen MR) is 62.3 cm³/mol. The number of hydrogen-bond acceptors (Lipinski definition) is 3. The van der Waals surface area contributed by atoms with Crippen LogP contribution >= 0.6 is 22.9 Å². The molecule has 1 aromatic heterocycles. The lowest BCUT2D eigenvalue weighted by Crippen LogP contribution is -1.91. The number of benzene rings is 1. The quantitative estimate of drug-likeness (QED) is 0.632. The number of thiophene rings is 1. The predicted octanol–water partition coefficient (Wildman–Crippen LogP) is 3.23. The third-order valence-corrected chi connectivity index (χ3v) is 3.55. The molecule has 2 nitrogen and oxygen atoms in total. The van der Waals surface area contributed by atoms with Crippen LogP contribution in [0.1, 0.15) is 5.56 Å². The number of fused-ring (bicyclic) bond motifs is 1. The minimum Gasteiger partial charge on any atom is -0.495 e. The summed E-state index contributed by atoms with van der Waals surface area (Å²) < 4.78 is 6.20. The van der Waals surface area contributed by atoms with Crippen LogP contribution in [0.2, 0.25) is 0 Å². The number of rotatable bonds is 2. The molecule has 0 fully saturated rings. The fourth-order valence-electron chi connectivity index (χ4n) is 1.44. The van der Waals surface area contributed by atoms with E-state index in [1.807, 2.05) is 17.5 Å². The van der Waals surface area contributed by atoms with Crippen LogP contribution in [-0.4, -0.2) is 7.11 Å². The number of methoxy groups -OCH3 is 1. The molecule has 0 saturated heterocycles. The van der Waals surface area contributed by atoms with E-state index in [0.29, 0.717) is 11.6 Å². The van der Waals surface area contributed by atoms with E-state index in [0.717, 1.165) is 21.4 Å². The summed E-state index contributed by atoms with van der Waals surface area (Å²) in [5, 5.41) is 3.16. The zero-order valence-corrected chi connectivity index (χ0v) is 9.28. The van der Waals surface area contributed by atoms with Crippen molar-refractivity contribution in [1.82, 2.24) is 0 Å². The zero-order chi connectivity index (χ0) is 10.1. The molecule has 74 valence electrons. The number of nitrogens with two attached hydrogens (primary N) is 1. The van der Waals surface area contributed by atoms with E-state index < -0.39 is 0 Å². The molecule has 0 amide bonds. The Morgan fingerprint density at radius 3 is 2.93 bits per heavy atom. The van der Waals surface area contributed by atoms with Crippen LogP contribution in [0, 0.1) is 0 Å². The summed E-state index contributed by atoms with van der Waals surface area (Å²) >= 11 is 7.41. The van der Waals surface area contributed by atoms with E-state index in [9.17, 15) is 0 Å². The minimum absolute atomic E-state index is 0.520. The fraction of sp³-hybridized carbons (Fsp3) is 0.200. The molecule has 2 N–H and O–H groups in total. The molecule has 0 saturated carbocycles. The average molecular weight is 228 g/mol. The highest BCUT2D eigenvalue weighted by molar-refractivity contribution is 7.18. The van der Waals surface area contributed by atoms with Gasteiger partial charge in [0.25, 0.3) is 0 Å². The van der Waals surface area contributed by atoms with E-state index >= 15 is 0 Å². The topological polar surface area (TPSA) is 35.2 Å². The van der Waals surface area contributed by atoms with Crippen molar-refractivity contribution in [2.45, 2.75) is 5.88 Å². The van der Waals surface area contributed by atoms with Gasteiger partial charge in [0.1, 0.15) is 5.75 Å². The molecule has 1 heterocycles. The third-order valence-electron chi connectivity index (χ3n) is 2.18. The van der Waals surface area contributed by atoms with Crippen LogP contribution in [0.5, 0.6) is 5.75 Å². The lowest BCUT2D eigenvalue weighted by Gasteiger charge is -2.04. The summed E-state index contributed by atoms with van der Waals surface area (Å²) in [7, 11) is 1.62. The molecule has 14 heavy (non-hydrogen) atoms. The lowest BCUT2D eigenvalue weighted by atomic mass is 10.1. The van der Waals surface area contributed by atoms with Gasteiger partial charge in [-0.15, -0.1) is 22.9 Å². The molecule has 0 bridgehead atoms. The highest BCUT2D eigenvalue weighted by atomic mass is 35.5. The summed E-state index contributed by atoms with van der Waals surface area (Å²) in [4.78, 5) is 0. The molecule has 0 unspecified atom stereocenters. The Hall–Kier alpha value is -0.930. The van der Waals surface area contributed by atoms with Gasteiger partial charge < -0.3 is 10.5 Å². The Balaban J connectivity index is 2.72. The Labute approximate surface area is 91.2 Å². The Morgan fingerprint density at radius 1 is 1.50 bits per heavy atom. The van der Waals surface area contributed by atoms with Crippen molar-refractivity contribution < 1.29 is 4.74 Å². The first-order valence-corrected chi connectivity index (χ1v) is 5.58. The number of halogens is 1. The van der Waals surface area contributed by atoms with Crippen LogP contribution < -0.4 is 10.5 Å². The molecule has 2 aromatic rings. The number of nitrogen functional groups attached to an aromatic ring is 1. The summed E-state index contributed by atoms with van der Waals surface area (Å²) in [6.45, 7) is 0. The highest BCUT2D eigenvalue weighted by Gasteiger charge is 2.09. The lowest BCUT2D eigenvalue weighted by molar-refractivity contribution is 0.417. The first-order chi connectivity index (χ1) is 6.77.